The van der Waals surface area contributed by atoms with Crippen LogP contribution in [0.1, 0.15) is 12.5 Å². The summed E-state index contributed by atoms with van der Waals surface area (Å²) in [5, 5.41) is 12.9. The largest absolute Gasteiger partial charge is 0.503 e. The SMILES string of the molecule is CCOc1cc(/C=C2\C(=O)NC(=S)N(c3ccccc3Cl)C2=O)c(Br)c(Br)c1O. The number of nitrogens with zero attached hydrogens (tertiary/aromatic N) is 1. The summed E-state index contributed by atoms with van der Waals surface area (Å²) < 4.78 is 6.19. The van der Waals surface area contributed by atoms with Crippen LogP contribution in [0, 0.1) is 0 Å². The maximum absolute atomic E-state index is 13.1. The lowest BCUT2D eigenvalue weighted by molar-refractivity contribution is -0.122. The van der Waals surface area contributed by atoms with Gasteiger partial charge in [-0.2, -0.15) is 0 Å². The van der Waals surface area contributed by atoms with Crippen molar-refractivity contribution in [3.63, 3.8) is 0 Å². The van der Waals surface area contributed by atoms with Gasteiger partial charge >= 0.3 is 0 Å². The van der Waals surface area contributed by atoms with E-state index in [0.29, 0.717) is 31.8 Å². The number of rotatable bonds is 4. The molecule has 0 spiro atoms. The van der Waals surface area contributed by atoms with E-state index in [9.17, 15) is 14.7 Å². The minimum Gasteiger partial charge on any atom is -0.503 e. The second-order valence-corrected chi connectivity index (χ2v) is 8.16. The fourth-order valence-electron chi connectivity index (χ4n) is 2.65. The molecule has 0 unspecified atom stereocenters. The van der Waals surface area contributed by atoms with Gasteiger partial charge in [-0.3, -0.25) is 19.8 Å². The van der Waals surface area contributed by atoms with Gasteiger partial charge in [-0.25, -0.2) is 0 Å². The second-order valence-electron chi connectivity index (χ2n) is 5.78. The molecule has 0 aliphatic carbocycles. The second kappa shape index (κ2) is 8.83. The van der Waals surface area contributed by atoms with Gasteiger partial charge in [0.1, 0.15) is 5.57 Å². The third kappa shape index (κ3) is 4.18. The van der Waals surface area contributed by atoms with Crippen LogP contribution in [0.25, 0.3) is 6.08 Å². The summed E-state index contributed by atoms with van der Waals surface area (Å²) in [5.74, 6) is -1.16. The van der Waals surface area contributed by atoms with Crippen LogP contribution in [-0.2, 0) is 9.59 Å². The highest BCUT2D eigenvalue weighted by atomic mass is 79.9. The van der Waals surface area contributed by atoms with Crippen molar-refractivity contribution in [1.29, 1.82) is 0 Å². The normalized spacial score (nSPS) is 15.7. The highest BCUT2D eigenvalue weighted by molar-refractivity contribution is 9.13. The number of para-hydroxylation sites is 1. The lowest BCUT2D eigenvalue weighted by Crippen LogP contribution is -2.54. The number of aromatic hydroxyl groups is 1. The van der Waals surface area contributed by atoms with Gasteiger partial charge in [0.2, 0.25) is 0 Å². The van der Waals surface area contributed by atoms with Crippen LogP contribution in [0.2, 0.25) is 5.02 Å². The molecule has 10 heteroatoms. The molecule has 3 rings (SSSR count). The van der Waals surface area contributed by atoms with Crippen LogP contribution in [0.5, 0.6) is 11.5 Å². The first kappa shape index (κ1) is 21.8. The van der Waals surface area contributed by atoms with Gasteiger partial charge in [-0.15, -0.1) is 0 Å². The summed E-state index contributed by atoms with van der Waals surface area (Å²) in [6, 6.07) is 8.20. The van der Waals surface area contributed by atoms with Crippen molar-refractivity contribution in [3.8, 4) is 11.5 Å². The van der Waals surface area contributed by atoms with E-state index in [-0.39, 0.29) is 22.2 Å². The first-order valence-corrected chi connectivity index (χ1v) is 10.6. The Labute approximate surface area is 193 Å². The Morgan fingerprint density at radius 3 is 2.62 bits per heavy atom. The van der Waals surface area contributed by atoms with Crippen LogP contribution in [0.15, 0.2) is 44.9 Å². The molecule has 29 heavy (non-hydrogen) atoms. The Kier molecular flexibility index (Phi) is 6.62. The van der Waals surface area contributed by atoms with Crippen molar-refractivity contribution in [1.82, 2.24) is 5.32 Å². The van der Waals surface area contributed by atoms with Crippen LogP contribution < -0.4 is 15.0 Å². The Balaban J connectivity index is 2.11. The average Bonchev–Trinajstić information content (AvgIpc) is 2.68. The van der Waals surface area contributed by atoms with E-state index >= 15 is 0 Å². The van der Waals surface area contributed by atoms with Crippen LogP contribution in [-0.4, -0.2) is 28.6 Å². The molecule has 6 nitrogen and oxygen atoms in total. The van der Waals surface area contributed by atoms with E-state index < -0.39 is 11.8 Å². The van der Waals surface area contributed by atoms with Crippen molar-refractivity contribution in [2.24, 2.45) is 0 Å². The van der Waals surface area contributed by atoms with Gasteiger partial charge in [0.25, 0.3) is 11.8 Å². The average molecular weight is 561 g/mol. The smallest absolute Gasteiger partial charge is 0.270 e. The minimum atomic E-state index is -0.641. The van der Waals surface area contributed by atoms with Crippen LogP contribution >= 0.6 is 55.7 Å². The van der Waals surface area contributed by atoms with E-state index in [0.717, 1.165) is 4.90 Å². The van der Waals surface area contributed by atoms with Crippen molar-refractivity contribution < 1.29 is 19.4 Å². The molecule has 2 aromatic rings. The van der Waals surface area contributed by atoms with E-state index in [4.69, 9.17) is 28.6 Å². The number of amides is 2. The van der Waals surface area contributed by atoms with Crippen molar-refractivity contribution in [2.45, 2.75) is 6.92 Å². The molecule has 2 aromatic carbocycles. The summed E-state index contributed by atoms with van der Waals surface area (Å²) in [6.07, 6.45) is 1.39. The summed E-state index contributed by atoms with van der Waals surface area (Å²) in [7, 11) is 0. The Morgan fingerprint density at radius 1 is 1.28 bits per heavy atom. The number of carbonyl (C=O) groups excluding carboxylic acids is 2. The molecular formula is C19H13Br2ClN2O4S. The quantitative estimate of drug-likeness (QED) is 0.319. The van der Waals surface area contributed by atoms with E-state index in [1.165, 1.54) is 12.1 Å². The first-order chi connectivity index (χ1) is 13.8. The maximum atomic E-state index is 13.1. The Morgan fingerprint density at radius 2 is 1.97 bits per heavy atom. The number of halogens is 3. The summed E-state index contributed by atoms with van der Waals surface area (Å²) in [6.45, 7) is 2.10. The van der Waals surface area contributed by atoms with Gasteiger partial charge in [0.15, 0.2) is 16.6 Å². The van der Waals surface area contributed by atoms with Crippen LogP contribution in [0.3, 0.4) is 0 Å². The molecule has 0 saturated carbocycles. The van der Waals surface area contributed by atoms with Crippen LogP contribution in [0.4, 0.5) is 5.69 Å². The number of thiocarbonyl (C=S) groups is 1. The third-order valence-corrected chi connectivity index (χ3v) is 6.73. The van der Waals surface area contributed by atoms with E-state index in [1.807, 2.05) is 0 Å². The molecule has 1 aliphatic heterocycles. The fourth-order valence-corrected chi connectivity index (χ4v) is 3.98. The lowest BCUT2D eigenvalue weighted by Gasteiger charge is -2.29. The lowest BCUT2D eigenvalue weighted by atomic mass is 10.1. The monoisotopic (exact) mass is 558 g/mol. The molecule has 150 valence electrons. The van der Waals surface area contributed by atoms with Crippen molar-refractivity contribution in [3.05, 3.63) is 55.4 Å². The molecule has 1 saturated heterocycles. The van der Waals surface area contributed by atoms with Gasteiger partial charge < -0.3 is 9.84 Å². The number of carbonyl (C=O) groups is 2. The summed E-state index contributed by atoms with van der Waals surface area (Å²) in [4.78, 5) is 26.8. The number of ether oxygens (including phenoxy) is 1. The molecule has 0 atom stereocenters. The molecule has 2 amide bonds. The standard InChI is InChI=1S/C19H13Br2ClN2O4S/c1-2-28-13-8-9(14(20)15(21)16(13)25)7-10-17(26)23-19(29)24(18(10)27)12-6-4-3-5-11(12)22/h3-8,25H,2H2,1H3,(H,23,26,29)/b10-7+. The van der Waals surface area contributed by atoms with Crippen molar-refractivity contribution in [2.75, 3.05) is 11.5 Å². The zero-order chi connectivity index (χ0) is 21.3. The Hall–Kier alpha value is -1.94. The van der Waals surface area contributed by atoms with Gasteiger partial charge in [-0.1, -0.05) is 23.7 Å². The number of phenols is 1. The van der Waals surface area contributed by atoms with Gasteiger partial charge in [0.05, 0.1) is 21.8 Å². The van der Waals surface area contributed by atoms with Gasteiger partial charge in [0, 0.05) is 4.47 Å². The number of benzene rings is 2. The molecule has 0 radical (unpaired) electrons. The highest BCUT2D eigenvalue weighted by Gasteiger charge is 2.35. The Bertz CT molecular complexity index is 1070. The number of anilines is 1. The maximum Gasteiger partial charge on any atom is 0.270 e. The minimum absolute atomic E-state index is 0.0637. The molecule has 1 heterocycles. The predicted molar refractivity (Wildman–Crippen MR) is 122 cm³/mol. The number of phenolic OH excluding ortho intramolecular Hbond substituents is 1. The zero-order valence-electron chi connectivity index (χ0n) is 14.8. The first-order valence-electron chi connectivity index (χ1n) is 8.26. The van der Waals surface area contributed by atoms with E-state index in [2.05, 4.69) is 37.2 Å². The molecule has 0 bridgehead atoms. The number of hydrogen-bond donors (Lipinski definition) is 2. The highest BCUT2D eigenvalue weighted by Crippen LogP contribution is 2.42. The van der Waals surface area contributed by atoms with Gasteiger partial charge in [-0.05, 0) is 80.8 Å². The molecule has 1 aliphatic rings. The molecule has 2 N–H and O–H groups in total. The van der Waals surface area contributed by atoms with E-state index in [1.54, 1.807) is 31.2 Å². The summed E-state index contributed by atoms with van der Waals surface area (Å²) >= 11 is 18.0. The predicted octanol–water partition coefficient (Wildman–Crippen LogP) is 4.80. The third-order valence-electron chi connectivity index (χ3n) is 3.97. The topological polar surface area (TPSA) is 78.9 Å². The number of nitrogens with one attached hydrogen (secondary N) is 1. The molecule has 1 fully saturated rings. The number of hydrogen-bond acceptors (Lipinski definition) is 5. The zero-order valence-corrected chi connectivity index (χ0v) is 19.6. The van der Waals surface area contributed by atoms with Crippen molar-refractivity contribution >= 4 is 84.4 Å². The molecular weight excluding hydrogens is 548 g/mol. The summed E-state index contributed by atoms with van der Waals surface area (Å²) in [5.41, 5.74) is 0.652. The fraction of sp³-hybridized carbons (Fsp3) is 0.105. The molecule has 0 aromatic heterocycles.